The molecule has 3 heterocycles. The van der Waals surface area contributed by atoms with Gasteiger partial charge < -0.3 is 19.1 Å². The number of hydrogen-bond acceptors (Lipinski definition) is 7. The Labute approximate surface area is 285 Å². The van der Waals surface area contributed by atoms with Crippen LogP contribution in [0.1, 0.15) is 42.0 Å². The Bertz CT molecular complexity index is 1760. The first-order valence-electron chi connectivity index (χ1n) is 16.6. The van der Waals surface area contributed by atoms with Crippen LogP contribution >= 0.6 is 0 Å². The Morgan fingerprint density at radius 1 is 0.755 bits per heavy atom. The van der Waals surface area contributed by atoms with Crippen molar-refractivity contribution >= 4 is 17.9 Å². The van der Waals surface area contributed by atoms with E-state index < -0.39 is 41.9 Å². The Kier molecular flexibility index (Phi) is 9.18. The van der Waals surface area contributed by atoms with Crippen molar-refractivity contribution in [2.24, 2.45) is 0 Å². The van der Waals surface area contributed by atoms with Gasteiger partial charge in [0, 0.05) is 6.42 Å². The van der Waals surface area contributed by atoms with Crippen LogP contribution in [0.5, 0.6) is 0 Å². The number of nitrogens with one attached hydrogen (secondary N) is 1. The van der Waals surface area contributed by atoms with Gasteiger partial charge in [0.15, 0.2) is 0 Å². The molecule has 3 fully saturated rings. The van der Waals surface area contributed by atoms with Crippen molar-refractivity contribution in [3.05, 3.63) is 144 Å². The molecule has 0 aliphatic carbocycles. The van der Waals surface area contributed by atoms with E-state index in [1.807, 2.05) is 121 Å². The van der Waals surface area contributed by atoms with Crippen molar-refractivity contribution in [2.45, 2.75) is 76.0 Å². The smallest absolute Gasteiger partial charge is 0.410 e. The fraction of sp³-hybridized carbons (Fsp3) is 0.308. The van der Waals surface area contributed by atoms with Crippen LogP contribution in [0.3, 0.4) is 0 Å². The van der Waals surface area contributed by atoms with Gasteiger partial charge in [-0.2, -0.15) is 0 Å². The van der Waals surface area contributed by atoms with Gasteiger partial charge in [0.05, 0.1) is 13.2 Å². The van der Waals surface area contributed by atoms with Crippen LogP contribution in [-0.4, -0.2) is 57.7 Å². The van der Waals surface area contributed by atoms with E-state index in [2.05, 4.69) is 5.32 Å². The third kappa shape index (κ3) is 6.55. The van der Waals surface area contributed by atoms with Gasteiger partial charge in [-0.05, 0) is 42.0 Å². The van der Waals surface area contributed by atoms with Gasteiger partial charge in [0.1, 0.15) is 24.9 Å². The van der Waals surface area contributed by atoms with Gasteiger partial charge in [-0.1, -0.05) is 121 Å². The zero-order chi connectivity index (χ0) is 33.8. The molecule has 0 spiro atoms. The van der Waals surface area contributed by atoms with Crippen molar-refractivity contribution < 1.29 is 33.3 Å². The van der Waals surface area contributed by atoms with E-state index in [0.29, 0.717) is 19.4 Å². The maximum absolute atomic E-state index is 14.7. The minimum absolute atomic E-state index is 0.00224. The summed E-state index contributed by atoms with van der Waals surface area (Å²) in [7, 11) is 0. The lowest BCUT2D eigenvalue weighted by Gasteiger charge is -2.52. The molecule has 3 aliphatic rings. The zero-order valence-electron chi connectivity index (χ0n) is 27.3. The van der Waals surface area contributed by atoms with Crippen LogP contribution in [-0.2, 0) is 54.8 Å². The lowest BCUT2D eigenvalue weighted by Crippen LogP contribution is -2.73. The van der Waals surface area contributed by atoms with E-state index >= 15 is 0 Å². The van der Waals surface area contributed by atoms with E-state index in [1.165, 1.54) is 11.8 Å². The van der Waals surface area contributed by atoms with Crippen molar-refractivity contribution in [1.82, 2.24) is 15.1 Å². The van der Waals surface area contributed by atoms with Crippen LogP contribution < -0.4 is 5.32 Å². The third-order valence-electron chi connectivity index (χ3n) is 9.32. The van der Waals surface area contributed by atoms with E-state index in [0.717, 1.165) is 22.3 Å². The SMILES string of the molecule is C[C@@]1(NC(=O)OCc2ccccc2)O[C@@]2(OCc3ccccc3)[C@@H]3CCC(OCc4ccccc4)N3C(=O)[C@H](Cc3ccccc3)N2C1=O. The molecular weight excluding hydrogens is 622 g/mol. The molecule has 252 valence electrons. The quantitative estimate of drug-likeness (QED) is 0.226. The monoisotopic (exact) mass is 661 g/mol. The average molecular weight is 662 g/mol. The molecule has 3 amide bonds. The predicted molar refractivity (Wildman–Crippen MR) is 179 cm³/mol. The fourth-order valence-electron chi connectivity index (χ4n) is 6.99. The number of nitrogens with zero attached hydrogens (tertiary/aromatic N) is 2. The van der Waals surface area contributed by atoms with E-state index in [4.69, 9.17) is 18.9 Å². The number of hydrogen-bond donors (Lipinski definition) is 1. The number of ether oxygens (including phenoxy) is 4. The summed E-state index contributed by atoms with van der Waals surface area (Å²) < 4.78 is 25.4. The van der Waals surface area contributed by atoms with Gasteiger partial charge in [0.25, 0.3) is 11.8 Å². The number of piperazine rings is 1. The second-order valence-electron chi connectivity index (χ2n) is 12.7. The Morgan fingerprint density at radius 3 is 1.88 bits per heavy atom. The minimum atomic E-state index is -1.90. The van der Waals surface area contributed by atoms with E-state index in [-0.39, 0.29) is 25.5 Å². The molecule has 7 rings (SSSR count). The number of benzene rings is 4. The first kappa shape index (κ1) is 32.5. The van der Waals surface area contributed by atoms with Gasteiger partial charge in [-0.3, -0.25) is 24.5 Å². The van der Waals surface area contributed by atoms with Crippen LogP contribution in [0.4, 0.5) is 4.79 Å². The third-order valence-corrected chi connectivity index (χ3v) is 9.32. The highest BCUT2D eigenvalue weighted by atomic mass is 16.8. The Morgan fingerprint density at radius 2 is 1.29 bits per heavy atom. The molecule has 0 saturated carbocycles. The zero-order valence-corrected chi connectivity index (χ0v) is 27.3. The number of carbonyl (C=O) groups excluding carboxylic acids is 3. The first-order valence-corrected chi connectivity index (χ1v) is 16.6. The highest BCUT2D eigenvalue weighted by Crippen LogP contribution is 2.50. The van der Waals surface area contributed by atoms with Crippen LogP contribution in [0.25, 0.3) is 0 Å². The molecular formula is C39H39N3O7. The number of amides is 3. The lowest BCUT2D eigenvalue weighted by molar-refractivity contribution is -0.346. The molecule has 5 atom stereocenters. The van der Waals surface area contributed by atoms with Crippen molar-refractivity contribution in [3.63, 3.8) is 0 Å². The van der Waals surface area contributed by atoms with E-state index in [1.54, 1.807) is 4.90 Å². The molecule has 0 radical (unpaired) electrons. The molecule has 0 aromatic heterocycles. The highest BCUT2D eigenvalue weighted by molar-refractivity contribution is 5.96. The molecule has 49 heavy (non-hydrogen) atoms. The fourth-order valence-corrected chi connectivity index (χ4v) is 6.99. The Balaban J connectivity index is 1.24. The summed E-state index contributed by atoms with van der Waals surface area (Å²) in [5, 5.41) is 2.68. The summed E-state index contributed by atoms with van der Waals surface area (Å²) in [5.41, 5.74) is 1.58. The van der Waals surface area contributed by atoms with Crippen LogP contribution in [0.2, 0.25) is 0 Å². The maximum atomic E-state index is 14.7. The molecule has 4 aromatic rings. The number of rotatable bonds is 11. The lowest BCUT2D eigenvalue weighted by atomic mass is 9.96. The predicted octanol–water partition coefficient (Wildman–Crippen LogP) is 5.52. The van der Waals surface area contributed by atoms with Crippen molar-refractivity contribution in [3.8, 4) is 0 Å². The summed E-state index contributed by atoms with van der Waals surface area (Å²) in [4.78, 5) is 45.7. The molecule has 0 bridgehead atoms. The molecule has 3 saturated heterocycles. The largest absolute Gasteiger partial charge is 0.445 e. The summed E-state index contributed by atoms with van der Waals surface area (Å²) >= 11 is 0. The molecule has 1 N–H and O–H groups in total. The highest BCUT2D eigenvalue weighted by Gasteiger charge is 2.72. The van der Waals surface area contributed by atoms with Crippen LogP contribution in [0, 0.1) is 0 Å². The van der Waals surface area contributed by atoms with Gasteiger partial charge in [-0.25, -0.2) is 4.79 Å². The van der Waals surface area contributed by atoms with Gasteiger partial charge in [-0.15, -0.1) is 0 Å². The normalized spacial score (nSPS) is 25.9. The van der Waals surface area contributed by atoms with Crippen LogP contribution in [0.15, 0.2) is 121 Å². The second kappa shape index (κ2) is 13.8. The molecule has 1 unspecified atom stereocenters. The molecule has 10 nitrogen and oxygen atoms in total. The first-order chi connectivity index (χ1) is 23.9. The summed E-state index contributed by atoms with van der Waals surface area (Å²) in [6, 6.07) is 36.4. The van der Waals surface area contributed by atoms with E-state index in [9.17, 15) is 14.4 Å². The summed E-state index contributed by atoms with van der Waals surface area (Å²) in [6.45, 7) is 1.88. The van der Waals surface area contributed by atoms with Gasteiger partial charge >= 0.3 is 6.09 Å². The van der Waals surface area contributed by atoms with Crippen molar-refractivity contribution in [2.75, 3.05) is 0 Å². The summed E-state index contributed by atoms with van der Waals surface area (Å²) in [6.07, 6.45) is -0.266. The molecule has 3 aliphatic heterocycles. The number of carbonyl (C=O) groups is 3. The topological polar surface area (TPSA) is 107 Å². The molecule has 10 heteroatoms. The van der Waals surface area contributed by atoms with Crippen molar-refractivity contribution in [1.29, 1.82) is 0 Å². The van der Waals surface area contributed by atoms with Gasteiger partial charge in [0.2, 0.25) is 11.6 Å². The average Bonchev–Trinajstić information content (AvgIpc) is 3.66. The minimum Gasteiger partial charge on any atom is -0.445 e. The molecule has 4 aromatic carbocycles. The summed E-state index contributed by atoms with van der Waals surface area (Å²) in [5.74, 6) is -2.61. The Hall–Kier alpha value is -5.03. The maximum Gasteiger partial charge on any atom is 0.410 e. The second-order valence-corrected chi connectivity index (χ2v) is 12.7. The number of alkyl carbamates (subject to hydrolysis) is 1. The standard InChI is InChI=1S/C39H39N3O7/c1-38(40-37(45)47-26-30-18-10-4-11-19-30)36(44)42-32(24-28-14-6-2-7-15-28)35(43)41-33(22-23-34(41)46-25-29-16-8-3-9-17-29)39(42,49-38)48-27-31-20-12-5-13-21-31/h2-21,32-34H,22-27H2,1H3,(H,40,45)/t32-,33-,34?,38+,39-/m0/s1. The number of fused-ring (bicyclic) bond motifs is 3.